The molecule has 0 saturated carbocycles. The van der Waals surface area contributed by atoms with Crippen LogP contribution in [-0.4, -0.2) is 4.57 Å². The Balaban J connectivity index is 0.578. The molecule has 1 aliphatic rings. The molecule has 5 heterocycles. The van der Waals surface area contributed by atoms with Gasteiger partial charge in [0.15, 0.2) is 0 Å². The molecule has 0 bridgehead atoms. The van der Waals surface area contributed by atoms with Crippen LogP contribution in [0, 0.1) is 0 Å². The third-order valence-electron chi connectivity index (χ3n) is 27.4. The Morgan fingerprint density at radius 2 is 0.638 bits per heavy atom. The van der Waals surface area contributed by atoms with Crippen molar-refractivity contribution in [3.8, 4) is 72.4 Å². The zero-order valence-corrected chi connectivity index (χ0v) is 70.3. The van der Waals surface area contributed by atoms with Gasteiger partial charge in [0, 0.05) is 98.7 Å². The fourth-order valence-electron chi connectivity index (χ4n) is 21.6. The van der Waals surface area contributed by atoms with Gasteiger partial charge in [0.05, 0.1) is 39.2 Å². The summed E-state index contributed by atoms with van der Waals surface area (Å²) in [4.78, 5) is 4.89. The number of hydrogen-bond donors (Lipinski definition) is 0. The van der Waals surface area contributed by atoms with E-state index in [0.29, 0.717) is 0 Å². The highest BCUT2D eigenvalue weighted by Crippen LogP contribution is 2.59. The van der Waals surface area contributed by atoms with Crippen molar-refractivity contribution in [1.82, 2.24) is 4.57 Å². The second-order valence-electron chi connectivity index (χ2n) is 34.4. The van der Waals surface area contributed by atoms with Crippen LogP contribution in [0.15, 0.2) is 473 Å². The minimum atomic E-state index is -0.655. The van der Waals surface area contributed by atoms with E-state index in [1.165, 1.54) is 49.5 Å². The average Bonchev–Trinajstić information content (AvgIpc) is 1.53. The zero-order chi connectivity index (χ0) is 85.2. The first-order valence-corrected chi connectivity index (χ1v) is 44.5. The van der Waals surface area contributed by atoms with Crippen molar-refractivity contribution in [2.75, 3.05) is 9.80 Å². The number of anilines is 6. The molecule has 130 heavy (non-hydrogen) atoms. The number of aromatic nitrogens is 1. The molecule has 1 aliphatic carbocycles. The molecule has 606 valence electrons. The highest BCUT2D eigenvalue weighted by atomic mass is 16.3. The van der Waals surface area contributed by atoms with E-state index in [2.05, 4.69) is 457 Å². The molecule has 0 saturated heterocycles. The van der Waals surface area contributed by atoms with Crippen LogP contribution < -0.4 is 9.80 Å². The van der Waals surface area contributed by atoms with E-state index in [4.69, 9.17) is 17.7 Å². The molecular formula is C123H75N3O4. The molecule has 0 N–H and O–H groups in total. The van der Waals surface area contributed by atoms with Gasteiger partial charge in [-0.05, 0) is 216 Å². The first-order chi connectivity index (χ1) is 64.4. The largest absolute Gasteiger partial charge is 0.456 e. The highest BCUT2D eigenvalue weighted by molar-refractivity contribution is 6.22. The van der Waals surface area contributed by atoms with Crippen LogP contribution in [0.4, 0.5) is 34.1 Å². The molecule has 0 aliphatic heterocycles. The maximum Gasteiger partial charge on any atom is 0.143 e. The molecule has 0 unspecified atom stereocenters. The van der Waals surface area contributed by atoms with Crippen molar-refractivity contribution in [2.24, 2.45) is 0 Å². The maximum atomic E-state index is 7.73. The first-order valence-electron chi connectivity index (χ1n) is 44.5. The molecule has 7 heteroatoms. The summed E-state index contributed by atoms with van der Waals surface area (Å²) in [5, 5.41) is 15.4. The summed E-state index contributed by atoms with van der Waals surface area (Å²) in [5.74, 6) is 0. The molecule has 0 fully saturated rings. The lowest BCUT2D eigenvalue weighted by Gasteiger charge is -2.35. The summed E-state index contributed by atoms with van der Waals surface area (Å²) < 4.78 is 30.4. The lowest BCUT2D eigenvalue weighted by atomic mass is 9.67. The molecular weight excluding hydrogens is 1580 g/mol. The summed E-state index contributed by atoms with van der Waals surface area (Å²) in [6, 6.07) is 166. The average molecular weight is 1660 g/mol. The Labute approximate surface area is 747 Å². The van der Waals surface area contributed by atoms with Crippen LogP contribution in [0.2, 0.25) is 0 Å². The molecule has 21 aromatic carbocycles. The van der Waals surface area contributed by atoms with Crippen LogP contribution in [0.25, 0.3) is 204 Å². The normalized spacial score (nSPS) is 12.5. The van der Waals surface area contributed by atoms with Crippen LogP contribution in [0.5, 0.6) is 0 Å². The fourth-order valence-corrected chi connectivity index (χ4v) is 21.6. The third-order valence-corrected chi connectivity index (χ3v) is 27.4. The van der Waals surface area contributed by atoms with Gasteiger partial charge in [-0.1, -0.05) is 322 Å². The van der Waals surface area contributed by atoms with Gasteiger partial charge in [-0.3, -0.25) is 0 Å². The van der Waals surface area contributed by atoms with Crippen LogP contribution >= 0.6 is 0 Å². The fraction of sp³-hybridized carbons (Fsp3) is 0.00813. The maximum absolute atomic E-state index is 7.73. The predicted octanol–water partition coefficient (Wildman–Crippen LogP) is 34.3. The summed E-state index contributed by atoms with van der Waals surface area (Å²) in [5.41, 5.74) is 33.1. The van der Waals surface area contributed by atoms with Crippen LogP contribution in [-0.2, 0) is 5.41 Å². The number of nitrogens with zero attached hydrogens (tertiary/aromatic N) is 3. The van der Waals surface area contributed by atoms with Crippen molar-refractivity contribution in [3.05, 3.63) is 477 Å². The number of hydrogen-bond acceptors (Lipinski definition) is 6. The Morgan fingerprint density at radius 3 is 1.30 bits per heavy atom. The van der Waals surface area contributed by atoms with Gasteiger partial charge in [-0.2, -0.15) is 0 Å². The van der Waals surface area contributed by atoms with E-state index in [9.17, 15) is 0 Å². The lowest BCUT2D eigenvalue weighted by Crippen LogP contribution is -2.28. The van der Waals surface area contributed by atoms with E-state index in [1.54, 1.807) is 0 Å². The Bertz CT molecular complexity index is 9050. The van der Waals surface area contributed by atoms with Gasteiger partial charge in [0.2, 0.25) is 0 Å². The first kappa shape index (κ1) is 73.1. The topological polar surface area (TPSA) is 64.0 Å². The van der Waals surface area contributed by atoms with E-state index in [0.717, 1.165) is 210 Å². The van der Waals surface area contributed by atoms with Crippen molar-refractivity contribution in [3.63, 3.8) is 0 Å². The number of benzene rings is 21. The molecule has 5 aromatic heterocycles. The van der Waals surface area contributed by atoms with Gasteiger partial charge in [-0.15, -0.1) is 0 Å². The quantitative estimate of drug-likeness (QED) is 0.108. The van der Waals surface area contributed by atoms with Gasteiger partial charge in [0.25, 0.3) is 0 Å². The number of rotatable bonds is 14. The molecule has 0 radical (unpaired) electrons. The molecule has 26 aromatic rings. The Morgan fingerprint density at radius 1 is 0.200 bits per heavy atom. The van der Waals surface area contributed by atoms with Crippen LogP contribution in [0.3, 0.4) is 0 Å². The molecule has 0 atom stereocenters. The minimum absolute atomic E-state index is 0.655. The molecule has 0 spiro atoms. The van der Waals surface area contributed by atoms with E-state index in [1.807, 2.05) is 12.1 Å². The monoisotopic (exact) mass is 1660 g/mol. The second kappa shape index (κ2) is 28.9. The Hall–Kier alpha value is -17.3. The Kier molecular flexibility index (Phi) is 16.3. The molecule has 7 nitrogen and oxygen atoms in total. The van der Waals surface area contributed by atoms with Crippen molar-refractivity contribution in [1.29, 1.82) is 0 Å². The van der Waals surface area contributed by atoms with Gasteiger partial charge in [-0.25, -0.2) is 0 Å². The zero-order valence-electron chi connectivity index (χ0n) is 70.3. The van der Waals surface area contributed by atoms with E-state index < -0.39 is 5.41 Å². The van der Waals surface area contributed by atoms with E-state index >= 15 is 0 Å². The number of fused-ring (bicyclic) bond motifs is 20. The van der Waals surface area contributed by atoms with Gasteiger partial charge >= 0.3 is 0 Å². The summed E-state index contributed by atoms with van der Waals surface area (Å²) in [7, 11) is 0. The van der Waals surface area contributed by atoms with E-state index in [-0.39, 0.29) is 0 Å². The summed E-state index contributed by atoms with van der Waals surface area (Å²) >= 11 is 0. The molecule has 0 amide bonds. The second-order valence-corrected chi connectivity index (χ2v) is 34.4. The standard InChI is InChI=1S/C123H75N3O4/c1-3-30-84(31-4-1)123(85-32-5-2-6-33-85)106-45-17-11-35-90(106)91-66-64-88(75-107(91)123)125(112-50-22-23-51-113(112)126-110-48-20-12-36-92(110)93-37-13-21-49-111(93)126)109-47-19-15-39-95(109)99-42-26-44-101-105-72-82-29-9-10-34-89(82)119(122(105)130-121(99)101)83-57-65-97-103-71-81(59-68-116(103)128-117(97)74-83)77-55-62-87(63-56-77)124(86-60-53-76(54-61-86)80-58-67-115-102(70-80)96-40-16-24-52-114(96)127-115)108-46-18-14-38-94(108)98-41-25-43-100-104-69-78-27-7-8-28-79(78)73-118(104)129-120(98)100/h1-75H. The highest BCUT2D eigenvalue weighted by Gasteiger charge is 2.47. The summed E-state index contributed by atoms with van der Waals surface area (Å²) in [6.07, 6.45) is 0. The number of para-hydroxylation sites is 9. The SMILES string of the molecule is c1ccc(C2(c3ccccc3)c3ccccc3-c3ccc(N(c4ccccc4-c4cccc5c4oc4c(-c6ccc7c(c6)oc6ccc(-c8ccc(N(c9ccc(-c%10ccc%11oc%12ccccc%12c%11c%10)cc9)c9ccccc9-c9cccc%10c9oc9cc%11ccccc%11cc9%10)cc8)cc67)c6ccccc6cc45)c4ccccc4-n4c5ccccc5c5ccccc54)cc32)cc1. The summed E-state index contributed by atoms with van der Waals surface area (Å²) in [6.45, 7) is 0. The smallest absolute Gasteiger partial charge is 0.143 e. The lowest BCUT2D eigenvalue weighted by molar-refractivity contribution is 0.668. The van der Waals surface area contributed by atoms with Crippen molar-refractivity contribution in [2.45, 2.75) is 5.41 Å². The van der Waals surface area contributed by atoms with Crippen molar-refractivity contribution < 1.29 is 17.7 Å². The predicted molar refractivity (Wildman–Crippen MR) is 539 cm³/mol. The molecule has 27 rings (SSSR count). The van der Waals surface area contributed by atoms with Gasteiger partial charge in [0.1, 0.15) is 44.7 Å². The van der Waals surface area contributed by atoms with Crippen LogP contribution in [0.1, 0.15) is 22.3 Å². The van der Waals surface area contributed by atoms with Crippen molar-refractivity contribution >= 4 is 165 Å². The third kappa shape index (κ3) is 11.2. The minimum Gasteiger partial charge on any atom is -0.456 e. The number of furan rings is 4. The van der Waals surface area contributed by atoms with Gasteiger partial charge < -0.3 is 32.0 Å².